The quantitative estimate of drug-likeness (QED) is 0.222. The number of pyridine rings is 1. The Kier molecular flexibility index (Phi) is 3.59. The maximum atomic E-state index is 10.8. The Balaban J connectivity index is 2.23. The van der Waals surface area contributed by atoms with Crippen molar-refractivity contribution in [2.24, 2.45) is 5.11 Å². The van der Waals surface area contributed by atoms with E-state index in [0.29, 0.717) is 24.2 Å². The van der Waals surface area contributed by atoms with Gasteiger partial charge in [0.05, 0.1) is 0 Å². The molecule has 0 aliphatic rings. The van der Waals surface area contributed by atoms with Crippen molar-refractivity contribution in [1.82, 2.24) is 9.97 Å². The minimum atomic E-state index is 0.350. The van der Waals surface area contributed by atoms with E-state index >= 15 is 0 Å². The van der Waals surface area contributed by atoms with Gasteiger partial charge in [-0.3, -0.25) is 4.79 Å². The summed E-state index contributed by atoms with van der Waals surface area (Å²) in [6.45, 7) is 0.350. The van der Waals surface area contributed by atoms with Crippen LogP contribution in [0.5, 0.6) is 0 Å². The Morgan fingerprint density at radius 3 is 3.28 bits per heavy atom. The second-order valence-corrected chi connectivity index (χ2v) is 3.49. The van der Waals surface area contributed by atoms with Crippen molar-refractivity contribution in [1.29, 1.82) is 0 Å². The average molecular weight is 239 g/mol. The van der Waals surface area contributed by atoms with Gasteiger partial charge in [0.15, 0.2) is 6.29 Å². The van der Waals surface area contributed by atoms with Gasteiger partial charge in [0, 0.05) is 46.8 Å². The first-order valence-corrected chi connectivity index (χ1v) is 5.27. The van der Waals surface area contributed by atoms with Crippen molar-refractivity contribution >= 4 is 17.3 Å². The third-order valence-corrected chi connectivity index (χ3v) is 2.32. The van der Waals surface area contributed by atoms with Crippen LogP contribution < -0.4 is 0 Å². The van der Waals surface area contributed by atoms with Crippen LogP contribution in [-0.4, -0.2) is 22.8 Å². The molecule has 0 aliphatic heterocycles. The molecule has 0 aliphatic carbocycles. The fourth-order valence-electron chi connectivity index (χ4n) is 1.50. The Bertz CT molecular complexity index is 685. The van der Waals surface area contributed by atoms with Crippen LogP contribution in [0.2, 0.25) is 0 Å². The number of hydrogen-bond acceptors (Lipinski definition) is 3. The van der Waals surface area contributed by atoms with E-state index in [-0.39, 0.29) is 0 Å². The first-order chi connectivity index (χ1) is 8.85. The Labute approximate surface area is 103 Å². The topological polar surface area (TPSA) is 94.5 Å². The summed E-state index contributed by atoms with van der Waals surface area (Å²) in [6, 6.07) is 1.81. The molecular weight excluding hydrogens is 230 g/mol. The zero-order valence-electron chi connectivity index (χ0n) is 9.42. The lowest BCUT2D eigenvalue weighted by molar-refractivity contribution is 0.112. The number of azide groups is 1. The monoisotopic (exact) mass is 239 g/mol. The second-order valence-electron chi connectivity index (χ2n) is 3.49. The highest BCUT2D eigenvalue weighted by molar-refractivity contribution is 5.96. The number of aromatic amines is 1. The number of nitrogens with one attached hydrogen (secondary N) is 1. The van der Waals surface area contributed by atoms with Crippen LogP contribution in [0.15, 0.2) is 23.6 Å². The van der Waals surface area contributed by atoms with Gasteiger partial charge < -0.3 is 4.98 Å². The third kappa shape index (κ3) is 2.48. The SMILES string of the molecule is [N-]=[N+]=NCCC#Cc1cnc2[nH]cc(C=O)c2c1. The zero-order valence-corrected chi connectivity index (χ0v) is 9.42. The first-order valence-electron chi connectivity index (χ1n) is 5.27. The summed E-state index contributed by atoms with van der Waals surface area (Å²) in [5.74, 6) is 5.79. The molecule has 0 fully saturated rings. The van der Waals surface area contributed by atoms with Crippen molar-refractivity contribution in [2.45, 2.75) is 6.42 Å². The molecule has 0 saturated heterocycles. The lowest BCUT2D eigenvalue weighted by Crippen LogP contribution is -1.82. The summed E-state index contributed by atoms with van der Waals surface area (Å²) in [4.78, 5) is 20.5. The summed E-state index contributed by atoms with van der Waals surface area (Å²) in [6.07, 6.45) is 4.52. The summed E-state index contributed by atoms with van der Waals surface area (Å²) < 4.78 is 0. The molecule has 2 heterocycles. The number of H-pyrrole nitrogens is 1. The van der Waals surface area contributed by atoms with Gasteiger partial charge in [-0.25, -0.2) is 4.98 Å². The summed E-state index contributed by atoms with van der Waals surface area (Å²) >= 11 is 0. The molecule has 2 aromatic heterocycles. The Morgan fingerprint density at radius 1 is 1.61 bits per heavy atom. The normalized spacial score (nSPS) is 9.33. The van der Waals surface area contributed by atoms with Gasteiger partial charge in [0.25, 0.3) is 0 Å². The number of aromatic nitrogens is 2. The zero-order chi connectivity index (χ0) is 12.8. The van der Waals surface area contributed by atoms with Gasteiger partial charge in [-0.2, -0.15) is 0 Å². The number of aldehydes is 1. The highest BCUT2D eigenvalue weighted by atomic mass is 16.1. The van der Waals surface area contributed by atoms with Gasteiger partial charge in [0.2, 0.25) is 0 Å². The predicted octanol–water partition coefficient (Wildman–Crippen LogP) is 2.43. The lowest BCUT2D eigenvalue weighted by Gasteiger charge is -1.92. The maximum Gasteiger partial charge on any atom is 0.152 e. The number of rotatable bonds is 3. The van der Waals surface area contributed by atoms with Crippen LogP contribution in [-0.2, 0) is 0 Å². The Hall–Kier alpha value is -2.77. The molecule has 0 atom stereocenters. The molecule has 1 N–H and O–H groups in total. The maximum absolute atomic E-state index is 10.8. The van der Waals surface area contributed by atoms with Gasteiger partial charge in [-0.05, 0) is 11.6 Å². The molecular formula is C12H9N5O. The summed E-state index contributed by atoms with van der Waals surface area (Å²) in [7, 11) is 0. The van der Waals surface area contributed by atoms with E-state index in [0.717, 1.165) is 17.2 Å². The fourth-order valence-corrected chi connectivity index (χ4v) is 1.50. The standard InChI is InChI=1S/C12H9N5O/c13-17-16-4-2-1-3-9-5-11-10(8-18)7-15-12(11)14-6-9/h5-8H,2,4H2,(H,14,15). The van der Waals surface area contributed by atoms with Gasteiger partial charge in [-0.15, -0.1) is 0 Å². The Morgan fingerprint density at radius 2 is 2.50 bits per heavy atom. The van der Waals surface area contributed by atoms with E-state index in [4.69, 9.17) is 5.53 Å². The van der Waals surface area contributed by atoms with E-state index in [1.165, 1.54) is 0 Å². The molecule has 0 radical (unpaired) electrons. The van der Waals surface area contributed by atoms with Crippen molar-refractivity contribution in [3.63, 3.8) is 0 Å². The smallest absolute Gasteiger partial charge is 0.152 e. The molecule has 6 nitrogen and oxygen atoms in total. The van der Waals surface area contributed by atoms with Crippen LogP contribution in [0.1, 0.15) is 22.3 Å². The number of nitrogens with zero attached hydrogens (tertiary/aromatic N) is 4. The van der Waals surface area contributed by atoms with Crippen LogP contribution >= 0.6 is 0 Å². The second kappa shape index (κ2) is 5.53. The molecule has 0 unspecified atom stereocenters. The van der Waals surface area contributed by atoms with Crippen molar-refractivity contribution in [3.05, 3.63) is 40.0 Å². The van der Waals surface area contributed by atoms with E-state index in [1.54, 1.807) is 12.4 Å². The van der Waals surface area contributed by atoms with E-state index in [9.17, 15) is 4.79 Å². The van der Waals surface area contributed by atoms with E-state index in [2.05, 4.69) is 31.8 Å². The largest absolute Gasteiger partial charge is 0.345 e. The average Bonchev–Trinajstić information content (AvgIpc) is 2.81. The number of hydrogen-bond donors (Lipinski definition) is 1. The van der Waals surface area contributed by atoms with Crippen molar-refractivity contribution < 1.29 is 4.79 Å². The molecule has 0 amide bonds. The van der Waals surface area contributed by atoms with Crippen LogP contribution in [0.3, 0.4) is 0 Å². The molecule has 18 heavy (non-hydrogen) atoms. The lowest BCUT2D eigenvalue weighted by atomic mass is 10.2. The third-order valence-electron chi connectivity index (χ3n) is 2.32. The van der Waals surface area contributed by atoms with Gasteiger partial charge >= 0.3 is 0 Å². The minimum Gasteiger partial charge on any atom is -0.345 e. The van der Waals surface area contributed by atoms with Crippen LogP contribution in [0, 0.1) is 11.8 Å². The molecule has 6 heteroatoms. The van der Waals surface area contributed by atoms with E-state index in [1.807, 2.05) is 6.07 Å². The van der Waals surface area contributed by atoms with Gasteiger partial charge in [0.1, 0.15) is 5.65 Å². The summed E-state index contributed by atoms with van der Waals surface area (Å²) in [5, 5.41) is 4.14. The van der Waals surface area contributed by atoms with Crippen molar-refractivity contribution in [2.75, 3.05) is 6.54 Å². The first kappa shape index (κ1) is 11.7. The van der Waals surface area contributed by atoms with Crippen LogP contribution in [0.4, 0.5) is 0 Å². The number of carbonyl (C=O) groups excluding carboxylic acids is 1. The number of fused-ring (bicyclic) bond motifs is 1. The predicted molar refractivity (Wildman–Crippen MR) is 67.0 cm³/mol. The summed E-state index contributed by atoms with van der Waals surface area (Å²) in [5.41, 5.74) is 10.1. The molecule has 0 aromatic carbocycles. The van der Waals surface area contributed by atoms with Crippen LogP contribution in [0.25, 0.3) is 21.5 Å². The molecule has 0 spiro atoms. The molecule has 88 valence electrons. The molecule has 0 bridgehead atoms. The van der Waals surface area contributed by atoms with Gasteiger partial charge in [-0.1, -0.05) is 17.0 Å². The molecule has 0 saturated carbocycles. The highest BCUT2D eigenvalue weighted by Crippen LogP contribution is 2.15. The number of carbonyl (C=O) groups is 1. The van der Waals surface area contributed by atoms with E-state index < -0.39 is 0 Å². The van der Waals surface area contributed by atoms with Crippen molar-refractivity contribution in [3.8, 4) is 11.8 Å². The minimum absolute atomic E-state index is 0.350. The fraction of sp³-hybridized carbons (Fsp3) is 0.167. The molecule has 2 aromatic rings. The molecule has 2 rings (SSSR count). The highest BCUT2D eigenvalue weighted by Gasteiger charge is 2.03.